The van der Waals surface area contributed by atoms with Gasteiger partial charge in [0.05, 0.1) is 0 Å². The van der Waals surface area contributed by atoms with E-state index in [-0.39, 0.29) is 0 Å². The number of amides is 1. The van der Waals surface area contributed by atoms with E-state index in [0.717, 1.165) is 4.90 Å². The third kappa shape index (κ3) is 4.63. The van der Waals surface area contributed by atoms with E-state index >= 15 is 0 Å². The van der Waals surface area contributed by atoms with E-state index in [1.807, 2.05) is 0 Å². The molecule has 1 fully saturated rings. The van der Waals surface area contributed by atoms with Crippen molar-refractivity contribution in [2.24, 2.45) is 5.92 Å². The Labute approximate surface area is 142 Å². The summed E-state index contributed by atoms with van der Waals surface area (Å²) in [5.41, 5.74) is -0.818. The Hall–Kier alpha value is -0.803. The van der Waals surface area contributed by atoms with Gasteiger partial charge in [-0.1, -0.05) is 13.8 Å². The number of hydrogen-bond acceptors (Lipinski definition) is 4. The lowest BCUT2D eigenvalue weighted by molar-refractivity contribution is -0.348. The molecule has 24 heavy (non-hydrogen) atoms. The van der Waals surface area contributed by atoms with Gasteiger partial charge in [0.1, 0.15) is 18.4 Å². The van der Waals surface area contributed by atoms with Crippen LogP contribution in [0.2, 0.25) is 19.6 Å². The lowest BCUT2D eigenvalue weighted by Crippen LogP contribution is -2.63. The fourth-order valence-corrected chi connectivity index (χ4v) is 3.88. The summed E-state index contributed by atoms with van der Waals surface area (Å²) in [7, 11) is -2.63. The second-order valence-electron chi connectivity index (χ2n) is 8.29. The van der Waals surface area contributed by atoms with Crippen LogP contribution >= 0.6 is 0 Å². The van der Waals surface area contributed by atoms with Crippen LogP contribution in [0.1, 0.15) is 34.6 Å². The number of hydrogen-bond donors (Lipinski definition) is 0. The minimum atomic E-state index is -4.78. The van der Waals surface area contributed by atoms with Crippen molar-refractivity contribution in [3.63, 3.8) is 0 Å². The Kier molecular flexibility index (Phi) is 5.74. The van der Waals surface area contributed by atoms with Crippen molar-refractivity contribution in [3.8, 4) is 0 Å². The first-order valence-corrected chi connectivity index (χ1v) is 11.3. The van der Waals surface area contributed by atoms with Gasteiger partial charge in [-0.05, 0) is 46.3 Å². The molecule has 2 unspecified atom stereocenters. The van der Waals surface area contributed by atoms with Crippen LogP contribution in [0.15, 0.2) is 0 Å². The Morgan fingerprint density at radius 3 is 2.08 bits per heavy atom. The topological polar surface area (TPSA) is 48.0 Å². The fraction of sp³-hybridized carbons (Fsp3) is 0.933. The molecule has 1 rings (SSSR count). The lowest BCUT2D eigenvalue weighted by atomic mass is 9.94. The van der Waals surface area contributed by atoms with Crippen molar-refractivity contribution in [2.45, 2.75) is 77.9 Å². The molecule has 1 aliphatic heterocycles. The van der Waals surface area contributed by atoms with Gasteiger partial charge in [-0.15, -0.1) is 0 Å². The lowest BCUT2D eigenvalue weighted by Gasteiger charge is -2.42. The van der Waals surface area contributed by atoms with Gasteiger partial charge < -0.3 is 13.9 Å². The maximum atomic E-state index is 13.9. The second-order valence-corrected chi connectivity index (χ2v) is 12.7. The summed E-state index contributed by atoms with van der Waals surface area (Å²) in [4.78, 5) is 13.3. The third-order valence-electron chi connectivity index (χ3n) is 3.26. The fourth-order valence-electron chi connectivity index (χ4n) is 2.67. The van der Waals surface area contributed by atoms with Gasteiger partial charge >= 0.3 is 12.3 Å². The molecule has 1 aliphatic rings. The van der Waals surface area contributed by atoms with E-state index in [1.165, 1.54) is 0 Å². The van der Waals surface area contributed by atoms with Crippen LogP contribution in [0.5, 0.6) is 0 Å². The minimum absolute atomic E-state index is 0.526. The van der Waals surface area contributed by atoms with Crippen molar-refractivity contribution in [3.05, 3.63) is 0 Å². The Bertz CT molecular complexity index is 471. The Balaban J connectivity index is 3.29. The smallest absolute Gasteiger partial charge is 0.444 e. The van der Waals surface area contributed by atoms with E-state index in [4.69, 9.17) is 13.9 Å². The molecule has 0 saturated carbocycles. The van der Waals surface area contributed by atoms with Gasteiger partial charge in [0.2, 0.25) is 0 Å². The average Bonchev–Trinajstić information content (AvgIpc) is 2.64. The summed E-state index contributed by atoms with van der Waals surface area (Å²) < 4.78 is 57.6. The van der Waals surface area contributed by atoms with Crippen molar-refractivity contribution >= 4 is 14.4 Å². The molecule has 0 aromatic heterocycles. The largest absolute Gasteiger partial charge is 0.444 e. The van der Waals surface area contributed by atoms with Gasteiger partial charge in [-0.25, -0.2) is 4.79 Å². The molecular formula is C15H28F3NO4Si. The van der Waals surface area contributed by atoms with Crippen molar-refractivity contribution < 1.29 is 31.9 Å². The Morgan fingerprint density at radius 2 is 1.75 bits per heavy atom. The van der Waals surface area contributed by atoms with E-state index < -0.39 is 50.7 Å². The SMILES string of the molecule is CC(C)C1N(C(=O)OC(C)(C)C)COC1(O[Si](C)(C)C)C(F)(F)F. The molecule has 0 aliphatic carbocycles. The zero-order valence-electron chi connectivity index (χ0n) is 15.6. The molecule has 0 radical (unpaired) electrons. The standard InChI is InChI=1S/C15H28F3NO4Si/c1-10(2)11-14(15(16,17)18,23-24(6,7)8)21-9-19(11)12(20)22-13(3,4)5/h10-11H,9H2,1-8H3. The molecular weight excluding hydrogens is 343 g/mol. The molecule has 0 spiro atoms. The van der Waals surface area contributed by atoms with Gasteiger partial charge in [0.15, 0.2) is 8.32 Å². The molecule has 0 bridgehead atoms. The minimum Gasteiger partial charge on any atom is -0.444 e. The normalized spacial score (nSPS) is 26.2. The molecule has 1 heterocycles. The summed E-state index contributed by atoms with van der Waals surface area (Å²) >= 11 is 0. The van der Waals surface area contributed by atoms with Crippen molar-refractivity contribution in [2.75, 3.05) is 6.73 Å². The van der Waals surface area contributed by atoms with Crippen LogP contribution < -0.4 is 0 Å². The highest BCUT2D eigenvalue weighted by molar-refractivity contribution is 6.69. The van der Waals surface area contributed by atoms with Crippen LogP contribution in [-0.4, -0.2) is 49.6 Å². The zero-order valence-corrected chi connectivity index (χ0v) is 16.6. The molecule has 0 aromatic carbocycles. The predicted molar refractivity (Wildman–Crippen MR) is 85.9 cm³/mol. The molecule has 2 atom stereocenters. The zero-order chi connectivity index (χ0) is 19.1. The summed E-state index contributed by atoms with van der Waals surface area (Å²) in [5, 5.41) is 0. The van der Waals surface area contributed by atoms with Gasteiger partial charge in [0.25, 0.3) is 5.79 Å². The van der Waals surface area contributed by atoms with Crippen LogP contribution in [-0.2, 0) is 13.9 Å². The Morgan fingerprint density at radius 1 is 1.25 bits per heavy atom. The predicted octanol–water partition coefficient (Wildman–Crippen LogP) is 4.35. The van der Waals surface area contributed by atoms with Gasteiger partial charge in [-0.3, -0.25) is 4.90 Å². The first-order chi connectivity index (χ1) is 10.5. The quantitative estimate of drug-likeness (QED) is 0.692. The molecule has 5 nitrogen and oxygen atoms in total. The first kappa shape index (κ1) is 21.2. The van der Waals surface area contributed by atoms with Gasteiger partial charge in [-0.2, -0.15) is 13.2 Å². The second kappa shape index (κ2) is 6.49. The van der Waals surface area contributed by atoms with E-state index in [9.17, 15) is 18.0 Å². The molecule has 1 saturated heterocycles. The van der Waals surface area contributed by atoms with Gasteiger partial charge in [0, 0.05) is 0 Å². The number of alkyl halides is 3. The van der Waals surface area contributed by atoms with Crippen LogP contribution in [0, 0.1) is 5.92 Å². The number of carbonyl (C=O) groups excluding carboxylic acids is 1. The maximum Gasteiger partial charge on any atom is 0.444 e. The highest BCUT2D eigenvalue weighted by Crippen LogP contribution is 2.47. The van der Waals surface area contributed by atoms with E-state index in [2.05, 4.69) is 0 Å². The van der Waals surface area contributed by atoms with Crippen molar-refractivity contribution in [1.29, 1.82) is 0 Å². The number of nitrogens with zero attached hydrogens (tertiary/aromatic N) is 1. The maximum absolute atomic E-state index is 13.9. The van der Waals surface area contributed by atoms with Crippen LogP contribution in [0.3, 0.4) is 0 Å². The van der Waals surface area contributed by atoms with E-state index in [0.29, 0.717) is 0 Å². The molecule has 0 N–H and O–H groups in total. The van der Waals surface area contributed by atoms with Crippen molar-refractivity contribution in [1.82, 2.24) is 4.90 Å². The van der Waals surface area contributed by atoms with E-state index in [1.54, 1.807) is 54.3 Å². The first-order valence-electron chi connectivity index (χ1n) is 7.91. The molecule has 142 valence electrons. The number of rotatable bonds is 3. The summed E-state index contributed by atoms with van der Waals surface area (Å²) in [6.07, 6.45) is -5.62. The number of ether oxygens (including phenoxy) is 2. The number of carbonyl (C=O) groups is 1. The highest BCUT2D eigenvalue weighted by atomic mass is 28.4. The molecule has 1 amide bonds. The average molecular weight is 371 g/mol. The monoisotopic (exact) mass is 371 g/mol. The summed E-state index contributed by atoms with van der Waals surface area (Å²) in [5.74, 6) is -3.37. The van der Waals surface area contributed by atoms with Crippen LogP contribution in [0.25, 0.3) is 0 Å². The molecule has 0 aromatic rings. The summed E-state index contributed by atoms with van der Waals surface area (Å²) in [6, 6.07) is -1.32. The number of halogens is 3. The third-order valence-corrected chi connectivity index (χ3v) is 4.17. The van der Waals surface area contributed by atoms with Crippen LogP contribution in [0.4, 0.5) is 18.0 Å². The molecule has 9 heteroatoms. The highest BCUT2D eigenvalue weighted by Gasteiger charge is 2.70. The summed E-state index contributed by atoms with van der Waals surface area (Å²) in [6.45, 7) is 12.6.